The highest BCUT2D eigenvalue weighted by Gasteiger charge is 2.33. The summed E-state index contributed by atoms with van der Waals surface area (Å²) in [5.41, 5.74) is 0.736. The molecule has 10 nitrogen and oxygen atoms in total. The van der Waals surface area contributed by atoms with Gasteiger partial charge in [-0.2, -0.15) is 0 Å². The van der Waals surface area contributed by atoms with Crippen molar-refractivity contribution in [1.82, 2.24) is 24.5 Å². The molecule has 1 saturated heterocycles. The van der Waals surface area contributed by atoms with E-state index >= 15 is 4.39 Å². The Kier molecular flexibility index (Phi) is 11.3. The van der Waals surface area contributed by atoms with Gasteiger partial charge in [0.25, 0.3) is 5.91 Å². The van der Waals surface area contributed by atoms with Crippen molar-refractivity contribution in [2.45, 2.75) is 64.5 Å². The standard InChI is InChI=1S/C27H38ClFN6O4S.CH4/c1-34-11-9-18(10-12-34)31-26(36)19-14-25(39-3)23(15-21(19)29)33-27-30-16-20(28)22(32-27)13-17-7-5-6-8-24(17)35(2)40(4,37)38;/h14-18,24H,5-13H2,1-4H3,(H,31,36)(H,30,32,33);1H4/t17-,24+;/m0./s1. The summed E-state index contributed by atoms with van der Waals surface area (Å²) in [5.74, 6) is -0.690. The SMILES string of the molecule is C.COc1cc(C(=O)NC2CCN(C)CC2)c(F)cc1Nc1ncc(Cl)c(C[C@@H]2CCCC[C@H]2N(C)S(C)(=O)=O)n1. The molecule has 1 amide bonds. The Balaban J connectivity index is 0.00000462. The number of likely N-dealkylation sites (tertiary alicyclic amines) is 1. The zero-order valence-corrected chi connectivity index (χ0v) is 25.0. The van der Waals surface area contributed by atoms with Crippen LogP contribution in [-0.2, 0) is 16.4 Å². The minimum Gasteiger partial charge on any atom is -0.495 e. The molecule has 0 radical (unpaired) electrons. The Hall–Kier alpha value is -2.54. The molecule has 41 heavy (non-hydrogen) atoms. The molecule has 0 spiro atoms. The van der Waals surface area contributed by atoms with Gasteiger partial charge in [0.15, 0.2) is 0 Å². The summed E-state index contributed by atoms with van der Waals surface area (Å²) in [4.78, 5) is 23.9. The summed E-state index contributed by atoms with van der Waals surface area (Å²) in [6.07, 6.45) is 8.37. The Bertz CT molecular complexity index is 1320. The van der Waals surface area contributed by atoms with Gasteiger partial charge in [0.2, 0.25) is 16.0 Å². The highest BCUT2D eigenvalue weighted by molar-refractivity contribution is 7.88. The van der Waals surface area contributed by atoms with Gasteiger partial charge in [0.05, 0.1) is 41.5 Å². The predicted octanol–water partition coefficient (Wildman–Crippen LogP) is 4.47. The van der Waals surface area contributed by atoms with Gasteiger partial charge < -0.3 is 20.3 Å². The summed E-state index contributed by atoms with van der Waals surface area (Å²) >= 11 is 6.45. The van der Waals surface area contributed by atoms with Crippen molar-refractivity contribution in [3.05, 3.63) is 40.4 Å². The average Bonchev–Trinajstić information content (AvgIpc) is 2.91. The lowest BCUT2D eigenvalue weighted by Crippen LogP contribution is -2.43. The number of ether oxygens (including phenoxy) is 1. The number of nitrogens with zero attached hydrogens (tertiary/aromatic N) is 4. The fourth-order valence-corrected chi connectivity index (χ4v) is 6.47. The molecule has 13 heteroatoms. The van der Waals surface area contributed by atoms with Crippen molar-refractivity contribution in [3.8, 4) is 5.75 Å². The summed E-state index contributed by atoms with van der Waals surface area (Å²) in [5, 5.41) is 6.29. The van der Waals surface area contributed by atoms with Crippen LogP contribution in [0.1, 0.15) is 62.0 Å². The van der Waals surface area contributed by atoms with E-state index in [4.69, 9.17) is 16.3 Å². The molecule has 228 valence electrons. The van der Waals surface area contributed by atoms with Crippen LogP contribution in [0.4, 0.5) is 16.0 Å². The lowest BCUT2D eigenvalue weighted by atomic mass is 9.81. The van der Waals surface area contributed by atoms with Crippen molar-refractivity contribution in [2.75, 3.05) is 45.9 Å². The quantitative estimate of drug-likeness (QED) is 0.426. The first-order valence-electron chi connectivity index (χ1n) is 13.5. The number of carbonyl (C=O) groups excluding carboxylic acids is 1. The van der Waals surface area contributed by atoms with Crippen LogP contribution in [0.2, 0.25) is 5.02 Å². The number of methoxy groups -OCH3 is 1. The number of hydrogen-bond acceptors (Lipinski definition) is 8. The van der Waals surface area contributed by atoms with Gasteiger partial charge in [-0.05, 0) is 64.2 Å². The van der Waals surface area contributed by atoms with E-state index in [2.05, 4.69) is 25.5 Å². The smallest absolute Gasteiger partial charge is 0.254 e. The molecule has 2 N–H and O–H groups in total. The van der Waals surface area contributed by atoms with E-state index in [1.54, 1.807) is 7.05 Å². The third-order valence-electron chi connectivity index (χ3n) is 7.97. The Labute approximate surface area is 248 Å². The maximum absolute atomic E-state index is 15.1. The molecule has 1 saturated carbocycles. The van der Waals surface area contributed by atoms with Crippen LogP contribution < -0.4 is 15.4 Å². The molecular weight excluding hydrogens is 571 g/mol. The number of hydrogen-bond donors (Lipinski definition) is 2. The maximum Gasteiger partial charge on any atom is 0.254 e. The zero-order chi connectivity index (χ0) is 29.0. The van der Waals surface area contributed by atoms with Crippen LogP contribution >= 0.6 is 11.6 Å². The van der Waals surface area contributed by atoms with Crippen LogP contribution in [0.15, 0.2) is 18.3 Å². The molecule has 1 aliphatic carbocycles. The van der Waals surface area contributed by atoms with Gasteiger partial charge in [-0.1, -0.05) is 31.9 Å². The molecule has 0 unspecified atom stereocenters. The predicted molar refractivity (Wildman–Crippen MR) is 160 cm³/mol. The number of nitrogens with one attached hydrogen (secondary N) is 2. The first-order chi connectivity index (χ1) is 19.0. The summed E-state index contributed by atoms with van der Waals surface area (Å²) in [7, 11) is 1.74. The van der Waals surface area contributed by atoms with Gasteiger partial charge in [-0.3, -0.25) is 4.79 Å². The number of rotatable bonds is 9. The van der Waals surface area contributed by atoms with Crippen LogP contribution in [0, 0.1) is 11.7 Å². The third-order valence-corrected chi connectivity index (χ3v) is 9.60. The number of piperidine rings is 1. The second kappa shape index (κ2) is 14.1. The summed E-state index contributed by atoms with van der Waals surface area (Å²) < 4.78 is 46.5. The van der Waals surface area contributed by atoms with Gasteiger partial charge in [-0.15, -0.1) is 0 Å². The van der Waals surface area contributed by atoms with E-state index in [0.717, 1.165) is 51.6 Å². The number of sulfonamides is 1. The van der Waals surface area contributed by atoms with Crippen molar-refractivity contribution in [1.29, 1.82) is 0 Å². The Morgan fingerprint density at radius 1 is 1.22 bits per heavy atom. The Morgan fingerprint density at radius 2 is 1.90 bits per heavy atom. The fourth-order valence-electron chi connectivity index (χ4n) is 5.54. The number of carbonyl (C=O) groups is 1. The van der Waals surface area contributed by atoms with E-state index in [-0.39, 0.29) is 48.4 Å². The molecule has 1 aliphatic heterocycles. The molecule has 2 atom stereocenters. The normalized spacial score (nSPS) is 20.4. The minimum absolute atomic E-state index is 0. The molecule has 2 fully saturated rings. The van der Waals surface area contributed by atoms with Crippen molar-refractivity contribution < 1.29 is 22.3 Å². The van der Waals surface area contributed by atoms with Gasteiger partial charge >= 0.3 is 0 Å². The lowest BCUT2D eigenvalue weighted by Gasteiger charge is -2.36. The van der Waals surface area contributed by atoms with Crippen LogP contribution in [0.5, 0.6) is 5.75 Å². The summed E-state index contributed by atoms with van der Waals surface area (Å²) in [6, 6.07) is 2.41. The Morgan fingerprint density at radius 3 is 2.56 bits per heavy atom. The van der Waals surface area contributed by atoms with Crippen LogP contribution in [-0.4, -0.2) is 86.1 Å². The molecule has 1 aromatic heterocycles. The van der Waals surface area contributed by atoms with Crippen LogP contribution in [0.25, 0.3) is 0 Å². The number of benzene rings is 1. The molecule has 2 heterocycles. The lowest BCUT2D eigenvalue weighted by molar-refractivity contribution is 0.0912. The molecule has 2 aliphatic rings. The minimum atomic E-state index is -3.34. The van der Waals surface area contributed by atoms with Crippen molar-refractivity contribution >= 4 is 39.2 Å². The number of halogens is 2. The zero-order valence-electron chi connectivity index (χ0n) is 23.4. The second-order valence-electron chi connectivity index (χ2n) is 10.8. The fraction of sp³-hybridized carbons (Fsp3) is 0.607. The molecule has 2 aromatic rings. The molecular formula is C28H42ClFN6O4S. The largest absolute Gasteiger partial charge is 0.495 e. The highest BCUT2D eigenvalue weighted by atomic mass is 35.5. The highest BCUT2D eigenvalue weighted by Crippen LogP contribution is 2.34. The first-order valence-corrected chi connectivity index (χ1v) is 15.8. The number of anilines is 2. The van der Waals surface area contributed by atoms with Gasteiger partial charge in [0.1, 0.15) is 11.6 Å². The third kappa shape index (κ3) is 8.27. The average molecular weight is 613 g/mol. The maximum atomic E-state index is 15.1. The van der Waals surface area contributed by atoms with E-state index in [9.17, 15) is 13.2 Å². The van der Waals surface area contributed by atoms with E-state index in [0.29, 0.717) is 17.1 Å². The van der Waals surface area contributed by atoms with E-state index < -0.39 is 21.7 Å². The van der Waals surface area contributed by atoms with Gasteiger partial charge in [-0.25, -0.2) is 27.1 Å². The topological polar surface area (TPSA) is 117 Å². The van der Waals surface area contributed by atoms with Crippen molar-refractivity contribution in [3.63, 3.8) is 0 Å². The number of amides is 1. The van der Waals surface area contributed by atoms with E-state index in [1.807, 2.05) is 7.05 Å². The van der Waals surface area contributed by atoms with Crippen molar-refractivity contribution in [2.24, 2.45) is 5.92 Å². The molecule has 1 aromatic carbocycles. The first kappa shape index (κ1) is 33.0. The summed E-state index contributed by atoms with van der Waals surface area (Å²) in [6.45, 7) is 1.75. The number of aromatic nitrogens is 2. The van der Waals surface area contributed by atoms with Crippen LogP contribution in [0.3, 0.4) is 0 Å². The van der Waals surface area contributed by atoms with Gasteiger partial charge in [0, 0.05) is 25.2 Å². The molecule has 4 rings (SSSR count). The molecule has 0 bridgehead atoms. The van der Waals surface area contributed by atoms with E-state index in [1.165, 1.54) is 36.0 Å². The second-order valence-corrected chi connectivity index (χ2v) is 13.2. The monoisotopic (exact) mass is 612 g/mol.